The highest BCUT2D eigenvalue weighted by Crippen LogP contribution is 2.28. The molecule has 1 amide bonds. The number of aryl methyl sites for hydroxylation is 1. The summed E-state index contributed by atoms with van der Waals surface area (Å²) < 4.78 is 1.49. The van der Waals surface area contributed by atoms with Crippen LogP contribution in [0.25, 0.3) is 0 Å². The first-order valence-electron chi connectivity index (χ1n) is 5.90. The molecule has 1 aromatic carbocycles. The van der Waals surface area contributed by atoms with Crippen LogP contribution in [-0.4, -0.2) is 20.6 Å². The molecular weight excluding hydrogens is 319 g/mol. The van der Waals surface area contributed by atoms with Crippen molar-refractivity contribution in [3.8, 4) is 0 Å². The van der Waals surface area contributed by atoms with Gasteiger partial charge < -0.3 is 5.32 Å². The van der Waals surface area contributed by atoms with Gasteiger partial charge in [-0.2, -0.15) is 5.10 Å². The van der Waals surface area contributed by atoms with Crippen LogP contribution >= 0.6 is 23.2 Å². The van der Waals surface area contributed by atoms with Crippen LogP contribution in [0.3, 0.4) is 0 Å². The third kappa shape index (κ3) is 3.32. The summed E-state index contributed by atoms with van der Waals surface area (Å²) >= 11 is 11.6. The Morgan fingerprint density at radius 3 is 2.76 bits per heavy atom. The van der Waals surface area contributed by atoms with E-state index in [4.69, 9.17) is 23.2 Å². The fraction of sp³-hybridized carbons (Fsp3) is 0.167. The van der Waals surface area contributed by atoms with E-state index in [2.05, 4.69) is 10.4 Å². The molecular formula is C12H10Cl2N4O3. The van der Waals surface area contributed by atoms with E-state index >= 15 is 0 Å². The Morgan fingerprint density at radius 2 is 2.19 bits per heavy atom. The van der Waals surface area contributed by atoms with Gasteiger partial charge in [-0.15, -0.1) is 0 Å². The third-order valence-corrected chi connectivity index (χ3v) is 3.17. The van der Waals surface area contributed by atoms with Crippen molar-refractivity contribution >= 4 is 40.5 Å². The van der Waals surface area contributed by atoms with Crippen molar-refractivity contribution in [2.75, 3.05) is 5.32 Å². The van der Waals surface area contributed by atoms with Crippen molar-refractivity contribution in [2.45, 2.75) is 13.5 Å². The van der Waals surface area contributed by atoms with Gasteiger partial charge in [0.25, 0.3) is 11.6 Å². The first kappa shape index (κ1) is 15.3. The summed E-state index contributed by atoms with van der Waals surface area (Å²) in [6, 6.07) is 3.95. The summed E-state index contributed by atoms with van der Waals surface area (Å²) in [5.74, 6) is -0.627. The van der Waals surface area contributed by atoms with Crippen LogP contribution in [0.2, 0.25) is 10.0 Å². The number of nitro benzene ring substituents is 1. The minimum absolute atomic E-state index is 0.00256. The molecule has 2 rings (SSSR count). The summed E-state index contributed by atoms with van der Waals surface area (Å²) in [4.78, 5) is 22.4. The molecule has 0 saturated heterocycles. The minimum Gasteiger partial charge on any atom is -0.315 e. The lowest BCUT2D eigenvalue weighted by molar-refractivity contribution is -0.383. The molecule has 0 aliphatic rings. The normalized spacial score (nSPS) is 10.4. The Balaban J connectivity index is 2.31. The van der Waals surface area contributed by atoms with E-state index in [9.17, 15) is 14.9 Å². The molecule has 0 aliphatic carbocycles. The highest BCUT2D eigenvalue weighted by Gasteiger charge is 2.20. The summed E-state index contributed by atoms with van der Waals surface area (Å²) in [5.41, 5.74) is -0.277. The predicted molar refractivity (Wildman–Crippen MR) is 79.0 cm³/mol. The number of hydrogen-bond donors (Lipinski definition) is 1. The number of aromatic nitrogens is 2. The number of carbonyl (C=O) groups is 1. The Bertz CT molecular complexity index is 715. The molecule has 0 spiro atoms. The third-order valence-electron chi connectivity index (χ3n) is 2.66. The molecule has 0 fully saturated rings. The van der Waals surface area contributed by atoms with E-state index in [0.29, 0.717) is 6.54 Å². The second kappa shape index (κ2) is 6.11. The minimum atomic E-state index is -0.631. The fourth-order valence-corrected chi connectivity index (χ4v) is 2.06. The lowest BCUT2D eigenvalue weighted by atomic mass is 10.2. The second-order valence-corrected chi connectivity index (χ2v) is 4.90. The molecule has 0 unspecified atom stereocenters. The Labute approximate surface area is 129 Å². The van der Waals surface area contributed by atoms with Gasteiger partial charge in [-0.1, -0.05) is 23.2 Å². The van der Waals surface area contributed by atoms with Gasteiger partial charge >= 0.3 is 0 Å². The average molecular weight is 329 g/mol. The molecule has 0 aliphatic heterocycles. The van der Waals surface area contributed by atoms with Gasteiger partial charge in [0.05, 0.1) is 9.95 Å². The maximum absolute atomic E-state index is 12.1. The van der Waals surface area contributed by atoms with Gasteiger partial charge in [0.15, 0.2) is 5.69 Å². The summed E-state index contributed by atoms with van der Waals surface area (Å²) in [6.45, 7) is 2.39. The van der Waals surface area contributed by atoms with E-state index in [1.54, 1.807) is 0 Å². The van der Waals surface area contributed by atoms with E-state index < -0.39 is 10.8 Å². The van der Waals surface area contributed by atoms with Crippen molar-refractivity contribution in [1.29, 1.82) is 0 Å². The van der Waals surface area contributed by atoms with Gasteiger partial charge in [-0.05, 0) is 19.1 Å². The van der Waals surface area contributed by atoms with Crippen molar-refractivity contribution in [3.63, 3.8) is 0 Å². The molecule has 1 N–H and O–H groups in total. The molecule has 1 aromatic heterocycles. The standard InChI is InChI=1S/C12H10Cl2N4O3/c1-2-17-6-8(14)11(16-17)12(19)15-9-4-3-7(13)5-10(9)18(20)21/h3-6H,2H2,1H3,(H,15,19). The number of halogens is 2. The van der Waals surface area contributed by atoms with Crippen LogP contribution in [0, 0.1) is 10.1 Å². The monoisotopic (exact) mass is 328 g/mol. The number of hydrogen-bond acceptors (Lipinski definition) is 4. The molecule has 7 nitrogen and oxygen atoms in total. The molecule has 0 atom stereocenters. The number of carbonyl (C=O) groups excluding carboxylic acids is 1. The van der Waals surface area contributed by atoms with Gasteiger partial charge in [0, 0.05) is 23.8 Å². The zero-order valence-electron chi connectivity index (χ0n) is 10.8. The SMILES string of the molecule is CCn1cc(Cl)c(C(=O)Nc2ccc(Cl)cc2[N+](=O)[O-])n1. The highest BCUT2D eigenvalue weighted by molar-refractivity contribution is 6.34. The number of nitro groups is 1. The average Bonchev–Trinajstić information content (AvgIpc) is 2.82. The number of anilines is 1. The quantitative estimate of drug-likeness (QED) is 0.688. The fourth-order valence-electron chi connectivity index (χ4n) is 1.66. The summed E-state index contributed by atoms with van der Waals surface area (Å²) in [5, 5.41) is 17.7. The molecule has 2 aromatic rings. The van der Waals surface area contributed by atoms with Crippen molar-refractivity contribution < 1.29 is 9.72 Å². The van der Waals surface area contributed by atoms with Gasteiger partial charge in [-0.3, -0.25) is 19.6 Å². The van der Waals surface area contributed by atoms with Gasteiger partial charge in [0.1, 0.15) is 5.69 Å². The largest absolute Gasteiger partial charge is 0.315 e. The van der Waals surface area contributed by atoms with Crippen molar-refractivity contribution in [3.05, 3.63) is 50.2 Å². The Morgan fingerprint density at radius 1 is 1.48 bits per heavy atom. The number of amides is 1. The number of nitrogens with one attached hydrogen (secondary N) is 1. The number of nitrogens with zero attached hydrogens (tertiary/aromatic N) is 3. The summed E-state index contributed by atoms with van der Waals surface area (Å²) in [6.07, 6.45) is 1.51. The second-order valence-electron chi connectivity index (χ2n) is 4.05. The maximum Gasteiger partial charge on any atom is 0.294 e. The van der Waals surface area contributed by atoms with Crippen LogP contribution < -0.4 is 5.32 Å². The number of benzene rings is 1. The first-order valence-corrected chi connectivity index (χ1v) is 6.66. The molecule has 21 heavy (non-hydrogen) atoms. The molecule has 0 saturated carbocycles. The first-order chi connectivity index (χ1) is 9.92. The lowest BCUT2D eigenvalue weighted by Gasteiger charge is -2.05. The van der Waals surface area contributed by atoms with Crippen LogP contribution in [0.5, 0.6) is 0 Å². The summed E-state index contributed by atoms with van der Waals surface area (Å²) in [7, 11) is 0. The van der Waals surface area contributed by atoms with Crippen LogP contribution in [-0.2, 0) is 6.54 Å². The van der Waals surface area contributed by atoms with E-state index in [1.807, 2.05) is 6.92 Å². The molecule has 9 heteroatoms. The van der Waals surface area contributed by atoms with E-state index in [0.717, 1.165) is 6.07 Å². The number of rotatable bonds is 4. The molecule has 0 bridgehead atoms. The van der Waals surface area contributed by atoms with Gasteiger partial charge in [-0.25, -0.2) is 0 Å². The molecule has 0 radical (unpaired) electrons. The Kier molecular flexibility index (Phi) is 4.44. The predicted octanol–water partition coefficient (Wildman–Crippen LogP) is 3.37. The zero-order valence-corrected chi connectivity index (χ0v) is 12.4. The Hall–Kier alpha value is -2.12. The molecule has 1 heterocycles. The van der Waals surface area contributed by atoms with Crippen LogP contribution in [0.15, 0.2) is 24.4 Å². The lowest BCUT2D eigenvalue weighted by Crippen LogP contribution is -2.14. The smallest absolute Gasteiger partial charge is 0.294 e. The van der Waals surface area contributed by atoms with E-state index in [1.165, 1.54) is 23.0 Å². The molecule has 110 valence electrons. The van der Waals surface area contributed by atoms with E-state index in [-0.39, 0.29) is 27.1 Å². The van der Waals surface area contributed by atoms with Crippen LogP contribution in [0.4, 0.5) is 11.4 Å². The van der Waals surface area contributed by atoms with Crippen molar-refractivity contribution in [2.24, 2.45) is 0 Å². The van der Waals surface area contributed by atoms with Crippen molar-refractivity contribution in [1.82, 2.24) is 9.78 Å². The highest BCUT2D eigenvalue weighted by atomic mass is 35.5. The topological polar surface area (TPSA) is 90.1 Å². The zero-order chi connectivity index (χ0) is 15.6. The maximum atomic E-state index is 12.1. The van der Waals surface area contributed by atoms with Gasteiger partial charge in [0.2, 0.25) is 0 Å². The van der Waals surface area contributed by atoms with Crippen LogP contribution in [0.1, 0.15) is 17.4 Å².